The van der Waals surface area contributed by atoms with Gasteiger partial charge in [-0.25, -0.2) is 18.5 Å². The minimum atomic E-state index is -4.61. The number of aliphatic hydroxyl groups excluding tert-OH is 1. The van der Waals surface area contributed by atoms with E-state index in [9.17, 15) is 28.8 Å². The molecule has 0 bridgehead atoms. The van der Waals surface area contributed by atoms with Gasteiger partial charge in [0.1, 0.15) is 18.0 Å². The van der Waals surface area contributed by atoms with E-state index in [1.165, 1.54) is 26.0 Å². The SMILES string of the molecule is CC#C[C@@]1(O)C(O)[C@@H](CO[P@](=O)(Oc2ccccc2)O[C@@H](C)C(=O)OC(C)C)O[C@H]1n1cc(F)c(N)nc1=O. The molecule has 0 spiro atoms. The Morgan fingerprint density at radius 1 is 1.33 bits per heavy atom. The zero-order valence-electron chi connectivity index (χ0n) is 21.5. The number of hydrogen-bond acceptors (Lipinski definition) is 12. The smallest absolute Gasteiger partial charge is 0.461 e. The maximum absolute atomic E-state index is 14.1. The van der Waals surface area contributed by atoms with Crippen molar-refractivity contribution in [2.45, 2.75) is 63.9 Å². The predicted octanol–water partition coefficient (Wildman–Crippen LogP) is 1.54. The van der Waals surface area contributed by atoms with Crippen LogP contribution < -0.4 is 15.9 Å². The molecule has 1 aliphatic heterocycles. The Kier molecular flexibility index (Phi) is 9.50. The molecule has 13 nitrogen and oxygen atoms in total. The molecule has 1 aliphatic rings. The van der Waals surface area contributed by atoms with Crippen LogP contribution in [0.4, 0.5) is 10.2 Å². The number of nitrogens with zero attached hydrogens (tertiary/aromatic N) is 2. The minimum Gasteiger partial charge on any atom is -0.461 e. The van der Waals surface area contributed by atoms with Gasteiger partial charge in [-0.05, 0) is 39.8 Å². The highest BCUT2D eigenvalue weighted by Crippen LogP contribution is 2.51. The van der Waals surface area contributed by atoms with Gasteiger partial charge in [0.05, 0.1) is 18.9 Å². The Labute approximate surface area is 223 Å². The number of phosphoric ester groups is 1. The Hall–Kier alpha value is -3.31. The molecule has 0 amide bonds. The highest BCUT2D eigenvalue weighted by atomic mass is 31.2. The molecule has 1 aromatic heterocycles. The molecule has 1 unspecified atom stereocenters. The van der Waals surface area contributed by atoms with E-state index < -0.39 is 74.0 Å². The fraction of sp³-hybridized carbons (Fsp3) is 0.458. The molecule has 212 valence electrons. The molecule has 1 saturated heterocycles. The Balaban J connectivity index is 1.88. The number of aliphatic hydroxyl groups is 2. The molecule has 15 heteroatoms. The van der Waals surface area contributed by atoms with E-state index in [-0.39, 0.29) is 5.75 Å². The predicted molar refractivity (Wildman–Crippen MR) is 134 cm³/mol. The van der Waals surface area contributed by atoms with Crippen LogP contribution in [0.5, 0.6) is 5.75 Å². The third-order valence-corrected chi connectivity index (χ3v) is 6.80. The number of carbonyl (C=O) groups excluding carboxylic acids is 1. The molecule has 1 aromatic carbocycles. The first-order chi connectivity index (χ1) is 18.3. The van der Waals surface area contributed by atoms with Crippen molar-refractivity contribution in [3.05, 3.63) is 52.8 Å². The number of para-hydroxylation sites is 1. The summed E-state index contributed by atoms with van der Waals surface area (Å²) < 4.78 is 55.1. The third-order valence-electron chi connectivity index (χ3n) is 5.32. The van der Waals surface area contributed by atoms with Crippen LogP contribution in [-0.2, 0) is 27.9 Å². The second kappa shape index (κ2) is 12.3. The van der Waals surface area contributed by atoms with Crippen LogP contribution in [0.15, 0.2) is 41.3 Å². The Morgan fingerprint density at radius 3 is 2.62 bits per heavy atom. The number of ether oxygens (including phenoxy) is 2. The van der Waals surface area contributed by atoms with Crippen LogP contribution >= 0.6 is 7.82 Å². The summed E-state index contributed by atoms with van der Waals surface area (Å²) in [5.74, 6) is 2.23. The van der Waals surface area contributed by atoms with Gasteiger partial charge in [-0.3, -0.25) is 13.6 Å². The van der Waals surface area contributed by atoms with Gasteiger partial charge in [0.25, 0.3) is 0 Å². The monoisotopic (exact) mass is 569 g/mol. The number of hydrogen-bond donors (Lipinski definition) is 3. The first-order valence-electron chi connectivity index (χ1n) is 11.7. The fourth-order valence-electron chi connectivity index (χ4n) is 3.56. The maximum Gasteiger partial charge on any atom is 0.530 e. The van der Waals surface area contributed by atoms with E-state index in [4.69, 9.17) is 28.8 Å². The number of rotatable bonds is 10. The van der Waals surface area contributed by atoms with Gasteiger partial charge in [0.2, 0.25) is 0 Å². The number of esters is 1. The van der Waals surface area contributed by atoms with E-state index in [1.807, 2.05) is 0 Å². The van der Waals surface area contributed by atoms with Crippen molar-refractivity contribution in [3.63, 3.8) is 0 Å². The van der Waals surface area contributed by atoms with E-state index in [0.29, 0.717) is 10.8 Å². The van der Waals surface area contributed by atoms with Gasteiger partial charge in [0.15, 0.2) is 29.6 Å². The van der Waals surface area contributed by atoms with E-state index >= 15 is 0 Å². The Morgan fingerprint density at radius 2 is 2.00 bits per heavy atom. The summed E-state index contributed by atoms with van der Waals surface area (Å²) in [5.41, 5.74) is 1.78. The fourth-order valence-corrected chi connectivity index (χ4v) is 4.90. The van der Waals surface area contributed by atoms with Gasteiger partial charge in [0, 0.05) is 0 Å². The lowest BCUT2D eigenvalue weighted by molar-refractivity contribution is -0.156. The van der Waals surface area contributed by atoms with Crippen molar-refractivity contribution in [1.82, 2.24) is 9.55 Å². The second-order valence-corrected chi connectivity index (χ2v) is 10.3. The minimum absolute atomic E-state index is 0.0688. The highest BCUT2D eigenvalue weighted by Gasteiger charge is 2.57. The van der Waals surface area contributed by atoms with Crippen molar-refractivity contribution in [1.29, 1.82) is 0 Å². The summed E-state index contributed by atoms with van der Waals surface area (Å²) in [6, 6.07) is 7.77. The van der Waals surface area contributed by atoms with E-state index in [1.54, 1.807) is 32.0 Å². The first-order valence-corrected chi connectivity index (χ1v) is 13.2. The number of anilines is 1. The van der Waals surface area contributed by atoms with Crippen molar-refractivity contribution >= 4 is 19.6 Å². The number of benzene rings is 1. The molecule has 2 aromatic rings. The lowest BCUT2D eigenvalue weighted by Gasteiger charge is -2.26. The topological polar surface area (TPSA) is 182 Å². The van der Waals surface area contributed by atoms with Gasteiger partial charge >= 0.3 is 19.5 Å². The number of halogens is 1. The molecule has 2 heterocycles. The van der Waals surface area contributed by atoms with Gasteiger partial charge in [-0.15, -0.1) is 5.92 Å². The maximum atomic E-state index is 14.1. The first kappa shape index (κ1) is 30.2. The largest absolute Gasteiger partial charge is 0.530 e. The third kappa shape index (κ3) is 7.02. The van der Waals surface area contributed by atoms with Crippen LogP contribution in [0.2, 0.25) is 0 Å². The number of carbonyl (C=O) groups is 1. The molecule has 0 aliphatic carbocycles. The molecule has 3 rings (SSSR count). The molecular formula is C24H29FN3O10P. The zero-order chi connectivity index (χ0) is 29.0. The molecule has 1 fully saturated rings. The quantitative estimate of drug-likeness (QED) is 0.214. The van der Waals surface area contributed by atoms with Gasteiger partial charge in [-0.1, -0.05) is 24.1 Å². The molecule has 6 atom stereocenters. The zero-order valence-corrected chi connectivity index (χ0v) is 22.4. The second-order valence-electron chi connectivity index (χ2n) is 8.72. The van der Waals surface area contributed by atoms with Crippen LogP contribution in [0.3, 0.4) is 0 Å². The summed E-state index contributed by atoms with van der Waals surface area (Å²) in [6.07, 6.45) is -6.36. The number of aromatic nitrogens is 2. The molecule has 0 radical (unpaired) electrons. The summed E-state index contributed by atoms with van der Waals surface area (Å²) >= 11 is 0. The number of nitrogens with two attached hydrogens (primary N) is 1. The van der Waals surface area contributed by atoms with E-state index in [0.717, 1.165) is 0 Å². The van der Waals surface area contributed by atoms with Crippen LogP contribution in [0, 0.1) is 17.7 Å². The highest BCUT2D eigenvalue weighted by molar-refractivity contribution is 7.49. The van der Waals surface area contributed by atoms with Crippen molar-refractivity contribution in [3.8, 4) is 17.6 Å². The van der Waals surface area contributed by atoms with Gasteiger partial charge in [-0.2, -0.15) is 4.98 Å². The van der Waals surface area contributed by atoms with Crippen LogP contribution in [-0.4, -0.2) is 62.4 Å². The van der Waals surface area contributed by atoms with Crippen molar-refractivity contribution < 1.29 is 47.0 Å². The summed E-state index contributed by atoms with van der Waals surface area (Å²) in [7, 11) is -4.61. The normalized spacial score (nSPS) is 24.9. The lowest BCUT2D eigenvalue weighted by atomic mass is 9.94. The van der Waals surface area contributed by atoms with Crippen LogP contribution in [0.25, 0.3) is 0 Å². The number of nitrogen functional groups attached to an aromatic ring is 1. The van der Waals surface area contributed by atoms with Crippen LogP contribution in [0.1, 0.15) is 33.9 Å². The summed E-state index contributed by atoms with van der Waals surface area (Å²) in [5, 5.41) is 22.0. The molecular weight excluding hydrogens is 540 g/mol. The Bertz CT molecular complexity index is 1350. The molecule has 39 heavy (non-hydrogen) atoms. The van der Waals surface area contributed by atoms with Gasteiger partial charge < -0.3 is 29.9 Å². The average molecular weight is 569 g/mol. The average Bonchev–Trinajstić information content (AvgIpc) is 3.10. The lowest BCUT2D eigenvalue weighted by Crippen LogP contribution is -2.48. The molecule has 4 N–H and O–H groups in total. The van der Waals surface area contributed by atoms with E-state index in [2.05, 4.69) is 16.8 Å². The number of phosphoric acid groups is 1. The van der Waals surface area contributed by atoms with Crippen molar-refractivity contribution in [2.24, 2.45) is 0 Å². The standard InChI is InChI=1S/C24H29FN3O10P/c1-5-11-24(32)19(29)18(36-22(24)28-12-17(25)20(26)27-23(28)31)13-34-39(33,38-16-9-7-6-8-10-16)37-15(4)21(30)35-14(2)3/h6-10,12,14-15,18-19,22,29,32H,13H2,1-4H3,(H2,26,27,31)/t15-,18+,19?,22+,24+,39-/m0/s1. The van der Waals surface area contributed by atoms with Crippen molar-refractivity contribution in [2.75, 3.05) is 12.3 Å². The summed E-state index contributed by atoms with van der Waals surface area (Å²) in [4.78, 5) is 28.0. The summed E-state index contributed by atoms with van der Waals surface area (Å²) in [6.45, 7) is 5.11. The molecule has 0 saturated carbocycles.